The van der Waals surface area contributed by atoms with Crippen LogP contribution in [0.15, 0.2) is 0 Å². The molecule has 0 saturated heterocycles. The lowest BCUT2D eigenvalue weighted by Gasteiger charge is -2.43. The highest BCUT2D eigenvalue weighted by Gasteiger charge is 2.30. The third-order valence-electron chi connectivity index (χ3n) is 3.58. The second kappa shape index (κ2) is 5.70. The standard InChI is InChI=1S/C13H27NO2S/c1-13(2,3)14(10-11-17(4,15)16)12-8-6-5-7-9-12/h12H,5-11H2,1-4H3. The van der Waals surface area contributed by atoms with Crippen LogP contribution in [0.5, 0.6) is 0 Å². The second-order valence-electron chi connectivity index (χ2n) is 6.29. The summed E-state index contributed by atoms with van der Waals surface area (Å²) in [6.07, 6.45) is 7.68. The lowest BCUT2D eigenvalue weighted by molar-refractivity contribution is 0.0674. The molecule has 1 saturated carbocycles. The Hall–Kier alpha value is -0.0900. The molecule has 0 N–H and O–H groups in total. The number of hydrogen-bond donors (Lipinski definition) is 0. The summed E-state index contributed by atoms with van der Waals surface area (Å²) in [5, 5.41) is 0. The van der Waals surface area contributed by atoms with Crippen LogP contribution < -0.4 is 0 Å². The molecule has 4 heteroatoms. The minimum atomic E-state index is -2.86. The normalized spacial score (nSPS) is 19.8. The van der Waals surface area contributed by atoms with E-state index in [1.165, 1.54) is 38.4 Å². The average molecular weight is 261 g/mol. The zero-order valence-corrected chi connectivity index (χ0v) is 12.5. The van der Waals surface area contributed by atoms with Crippen LogP contribution in [0.3, 0.4) is 0 Å². The SMILES string of the molecule is CC(C)(C)N(CCS(C)(=O)=O)C1CCCCC1. The highest BCUT2D eigenvalue weighted by Crippen LogP contribution is 2.27. The summed E-state index contributed by atoms with van der Waals surface area (Å²) in [4.78, 5) is 2.40. The van der Waals surface area contributed by atoms with Gasteiger partial charge in [-0.15, -0.1) is 0 Å². The van der Waals surface area contributed by atoms with E-state index in [1.807, 2.05) is 0 Å². The monoisotopic (exact) mass is 261 g/mol. The first kappa shape index (κ1) is 15.0. The molecule has 0 aromatic heterocycles. The topological polar surface area (TPSA) is 37.4 Å². The molecule has 1 aliphatic carbocycles. The lowest BCUT2D eigenvalue weighted by atomic mass is 9.91. The molecule has 0 atom stereocenters. The quantitative estimate of drug-likeness (QED) is 0.780. The Bertz CT molecular complexity index is 324. The van der Waals surface area contributed by atoms with Gasteiger partial charge >= 0.3 is 0 Å². The van der Waals surface area contributed by atoms with E-state index in [2.05, 4.69) is 25.7 Å². The van der Waals surface area contributed by atoms with Gasteiger partial charge in [-0.1, -0.05) is 19.3 Å². The lowest BCUT2D eigenvalue weighted by Crippen LogP contribution is -2.50. The van der Waals surface area contributed by atoms with Gasteiger partial charge in [0.25, 0.3) is 0 Å². The maximum absolute atomic E-state index is 11.3. The van der Waals surface area contributed by atoms with Crippen LogP contribution >= 0.6 is 0 Å². The number of sulfone groups is 1. The van der Waals surface area contributed by atoms with Crippen molar-refractivity contribution < 1.29 is 8.42 Å². The molecule has 1 aliphatic rings. The van der Waals surface area contributed by atoms with Crippen LogP contribution in [-0.4, -0.2) is 43.5 Å². The average Bonchev–Trinajstić information content (AvgIpc) is 2.15. The maximum atomic E-state index is 11.3. The van der Waals surface area contributed by atoms with Crippen LogP contribution in [-0.2, 0) is 9.84 Å². The smallest absolute Gasteiger partial charge is 0.148 e. The van der Waals surface area contributed by atoms with Gasteiger partial charge < -0.3 is 0 Å². The Morgan fingerprint density at radius 2 is 1.65 bits per heavy atom. The van der Waals surface area contributed by atoms with Gasteiger partial charge in [-0.05, 0) is 33.6 Å². The molecule has 3 nitrogen and oxygen atoms in total. The Balaban J connectivity index is 2.66. The van der Waals surface area contributed by atoms with Gasteiger partial charge in [0.15, 0.2) is 0 Å². The predicted octanol–water partition coefficient (Wildman–Crippen LogP) is 2.46. The van der Waals surface area contributed by atoms with E-state index in [1.54, 1.807) is 0 Å². The Labute approximate surface area is 106 Å². The van der Waals surface area contributed by atoms with Crippen LogP contribution in [0.2, 0.25) is 0 Å². The van der Waals surface area contributed by atoms with Gasteiger partial charge in [0.05, 0.1) is 5.75 Å². The summed E-state index contributed by atoms with van der Waals surface area (Å²) in [5.41, 5.74) is 0.0622. The van der Waals surface area contributed by atoms with Crippen molar-refractivity contribution in [2.75, 3.05) is 18.6 Å². The third kappa shape index (κ3) is 5.38. The molecule has 0 heterocycles. The van der Waals surface area contributed by atoms with Crippen molar-refractivity contribution in [3.05, 3.63) is 0 Å². The van der Waals surface area contributed by atoms with Crippen LogP contribution in [0, 0.1) is 0 Å². The molecule has 0 bridgehead atoms. The molecule has 0 amide bonds. The van der Waals surface area contributed by atoms with Crippen molar-refractivity contribution in [1.82, 2.24) is 4.90 Å². The van der Waals surface area contributed by atoms with E-state index in [9.17, 15) is 8.42 Å². The minimum absolute atomic E-state index is 0.0622. The van der Waals surface area contributed by atoms with Crippen molar-refractivity contribution in [3.8, 4) is 0 Å². The Morgan fingerprint density at radius 1 is 1.12 bits per heavy atom. The predicted molar refractivity (Wildman–Crippen MR) is 73.0 cm³/mol. The van der Waals surface area contributed by atoms with Gasteiger partial charge in [0, 0.05) is 24.4 Å². The fourth-order valence-corrected chi connectivity index (χ4v) is 3.25. The highest BCUT2D eigenvalue weighted by molar-refractivity contribution is 7.90. The van der Waals surface area contributed by atoms with Crippen molar-refractivity contribution >= 4 is 9.84 Å². The molecule has 17 heavy (non-hydrogen) atoms. The molecule has 1 rings (SSSR count). The molecule has 102 valence electrons. The third-order valence-corrected chi connectivity index (χ3v) is 4.50. The molecule has 0 unspecified atom stereocenters. The Kier molecular flexibility index (Phi) is 5.02. The zero-order valence-electron chi connectivity index (χ0n) is 11.7. The summed E-state index contributed by atoms with van der Waals surface area (Å²) in [6, 6.07) is 0.575. The first-order valence-corrected chi connectivity index (χ1v) is 8.71. The van der Waals surface area contributed by atoms with Gasteiger partial charge in [-0.25, -0.2) is 8.42 Å². The fourth-order valence-electron chi connectivity index (χ4n) is 2.72. The summed E-state index contributed by atoms with van der Waals surface area (Å²) in [7, 11) is -2.86. The molecular formula is C13H27NO2S. The molecule has 0 aromatic rings. The van der Waals surface area contributed by atoms with E-state index >= 15 is 0 Å². The molecular weight excluding hydrogens is 234 g/mol. The number of nitrogens with zero attached hydrogens (tertiary/aromatic N) is 1. The number of rotatable bonds is 4. The molecule has 0 aromatic carbocycles. The van der Waals surface area contributed by atoms with Crippen molar-refractivity contribution in [2.24, 2.45) is 0 Å². The molecule has 0 radical (unpaired) electrons. The first-order chi connectivity index (χ1) is 7.70. The largest absolute Gasteiger partial charge is 0.295 e. The molecule has 0 spiro atoms. The van der Waals surface area contributed by atoms with E-state index < -0.39 is 9.84 Å². The summed E-state index contributed by atoms with van der Waals surface area (Å²) >= 11 is 0. The Morgan fingerprint density at radius 3 is 2.06 bits per heavy atom. The van der Waals surface area contributed by atoms with Gasteiger partial charge in [0.2, 0.25) is 0 Å². The van der Waals surface area contributed by atoms with E-state index in [4.69, 9.17) is 0 Å². The van der Waals surface area contributed by atoms with Crippen LogP contribution in [0.25, 0.3) is 0 Å². The fraction of sp³-hybridized carbons (Fsp3) is 1.00. The summed E-state index contributed by atoms with van der Waals surface area (Å²) in [6.45, 7) is 7.23. The van der Waals surface area contributed by atoms with Crippen molar-refractivity contribution in [1.29, 1.82) is 0 Å². The van der Waals surface area contributed by atoms with E-state index in [0.717, 1.165) is 0 Å². The highest BCUT2D eigenvalue weighted by atomic mass is 32.2. The summed E-state index contributed by atoms with van der Waals surface area (Å²) < 4.78 is 22.6. The van der Waals surface area contributed by atoms with E-state index in [0.29, 0.717) is 12.6 Å². The molecule has 0 aliphatic heterocycles. The van der Waals surface area contributed by atoms with Crippen LogP contribution in [0.1, 0.15) is 52.9 Å². The van der Waals surface area contributed by atoms with Gasteiger partial charge in [-0.3, -0.25) is 4.90 Å². The summed E-state index contributed by atoms with van der Waals surface area (Å²) in [5.74, 6) is 0.279. The van der Waals surface area contributed by atoms with Crippen molar-refractivity contribution in [2.45, 2.75) is 64.5 Å². The minimum Gasteiger partial charge on any atom is -0.295 e. The first-order valence-electron chi connectivity index (χ1n) is 6.64. The van der Waals surface area contributed by atoms with E-state index in [-0.39, 0.29) is 11.3 Å². The maximum Gasteiger partial charge on any atom is 0.148 e. The van der Waals surface area contributed by atoms with Gasteiger partial charge in [-0.2, -0.15) is 0 Å². The molecule has 1 fully saturated rings. The van der Waals surface area contributed by atoms with Crippen LogP contribution in [0.4, 0.5) is 0 Å². The number of hydrogen-bond acceptors (Lipinski definition) is 3. The van der Waals surface area contributed by atoms with Crippen molar-refractivity contribution in [3.63, 3.8) is 0 Å². The zero-order chi connectivity index (χ0) is 13.1. The van der Waals surface area contributed by atoms with Gasteiger partial charge in [0.1, 0.15) is 9.84 Å². The second-order valence-corrected chi connectivity index (χ2v) is 8.55.